The van der Waals surface area contributed by atoms with Crippen LogP contribution in [-0.4, -0.2) is 50.5 Å². The Morgan fingerprint density at radius 2 is 1.83 bits per heavy atom. The van der Waals surface area contributed by atoms with Crippen LogP contribution < -0.4 is 0 Å². The van der Waals surface area contributed by atoms with Crippen LogP contribution in [0.15, 0.2) is 61.1 Å². The minimum absolute atomic E-state index is 0.452. The smallest absolute Gasteiger partial charge is 0.159 e. The second-order valence-electron chi connectivity index (χ2n) is 7.95. The highest BCUT2D eigenvalue weighted by Crippen LogP contribution is 2.36. The summed E-state index contributed by atoms with van der Waals surface area (Å²) in [6, 6.07) is 15.3. The molecule has 0 bridgehead atoms. The second-order valence-corrected chi connectivity index (χ2v) is 9.10. The molecule has 0 amide bonds. The summed E-state index contributed by atoms with van der Waals surface area (Å²) in [5, 5.41) is 0. The van der Waals surface area contributed by atoms with Crippen molar-refractivity contribution in [2.24, 2.45) is 0 Å². The maximum Gasteiger partial charge on any atom is 0.159 e. The van der Waals surface area contributed by atoms with E-state index in [0.717, 1.165) is 24.0 Å². The van der Waals surface area contributed by atoms with Crippen LogP contribution in [0.4, 0.5) is 0 Å². The molecule has 148 valence electrons. The molecule has 0 aliphatic carbocycles. The Labute approximate surface area is 176 Å². The Hall–Kier alpha value is -2.24. The fourth-order valence-electron chi connectivity index (χ4n) is 4.56. The number of benzene rings is 1. The van der Waals surface area contributed by atoms with E-state index in [1.807, 2.05) is 30.7 Å². The van der Waals surface area contributed by atoms with Gasteiger partial charge in [-0.25, -0.2) is 9.97 Å². The van der Waals surface area contributed by atoms with Crippen molar-refractivity contribution < 1.29 is 0 Å². The van der Waals surface area contributed by atoms with Crippen LogP contribution in [0, 0.1) is 0 Å². The lowest BCUT2D eigenvalue weighted by molar-refractivity contribution is 0.160. The Bertz CT molecular complexity index is 942. The van der Waals surface area contributed by atoms with Crippen LogP contribution in [0.2, 0.25) is 0 Å². The highest BCUT2D eigenvalue weighted by molar-refractivity contribution is 7.99. The monoisotopic (exact) mass is 402 g/mol. The first-order valence-corrected chi connectivity index (χ1v) is 11.7. The molecule has 2 aliphatic heterocycles. The summed E-state index contributed by atoms with van der Waals surface area (Å²) in [5.74, 6) is 3.84. The molecular formula is C24H26N4S. The average Bonchev–Trinajstić information content (AvgIpc) is 3.35. The zero-order valence-corrected chi connectivity index (χ0v) is 17.4. The molecule has 0 radical (unpaired) electrons. The molecule has 29 heavy (non-hydrogen) atoms. The molecule has 0 saturated carbocycles. The summed E-state index contributed by atoms with van der Waals surface area (Å²) in [6.07, 6.45) is 9.41. The zero-order valence-electron chi connectivity index (χ0n) is 16.6. The predicted octanol–water partition coefficient (Wildman–Crippen LogP) is 4.89. The van der Waals surface area contributed by atoms with Gasteiger partial charge in [0, 0.05) is 54.0 Å². The molecule has 2 aromatic heterocycles. The third kappa shape index (κ3) is 4.07. The predicted molar refractivity (Wildman–Crippen MR) is 120 cm³/mol. The van der Waals surface area contributed by atoms with Crippen molar-refractivity contribution in [3.63, 3.8) is 0 Å². The minimum atomic E-state index is 0.452. The summed E-state index contributed by atoms with van der Waals surface area (Å²) in [4.78, 5) is 16.7. The summed E-state index contributed by atoms with van der Waals surface area (Å²) >= 11 is 2.10. The van der Waals surface area contributed by atoms with E-state index in [2.05, 4.69) is 52.0 Å². The van der Waals surface area contributed by atoms with Gasteiger partial charge in [-0.2, -0.15) is 11.8 Å². The van der Waals surface area contributed by atoms with Crippen LogP contribution >= 0.6 is 11.8 Å². The maximum atomic E-state index is 5.13. The van der Waals surface area contributed by atoms with E-state index in [0.29, 0.717) is 5.92 Å². The van der Waals surface area contributed by atoms with Crippen molar-refractivity contribution in [2.45, 2.75) is 31.2 Å². The number of aromatic nitrogens is 3. The van der Waals surface area contributed by atoms with Gasteiger partial charge in [-0.3, -0.25) is 9.88 Å². The molecule has 5 rings (SSSR count). The molecule has 1 aromatic carbocycles. The van der Waals surface area contributed by atoms with Gasteiger partial charge in [0.2, 0.25) is 0 Å². The number of rotatable bonds is 4. The first-order chi connectivity index (χ1) is 14.4. The van der Waals surface area contributed by atoms with Crippen LogP contribution in [0.5, 0.6) is 0 Å². The van der Waals surface area contributed by atoms with Crippen LogP contribution in [0.1, 0.15) is 30.9 Å². The molecule has 0 spiro atoms. The fourth-order valence-corrected chi connectivity index (χ4v) is 5.81. The van der Waals surface area contributed by atoms with E-state index in [4.69, 9.17) is 9.97 Å². The quantitative estimate of drug-likeness (QED) is 0.621. The van der Waals surface area contributed by atoms with Gasteiger partial charge in [0.05, 0.1) is 5.69 Å². The number of hydrogen-bond donors (Lipinski definition) is 0. The molecule has 4 nitrogen and oxygen atoms in total. The van der Waals surface area contributed by atoms with Crippen LogP contribution in [-0.2, 0) is 0 Å². The van der Waals surface area contributed by atoms with Crippen molar-refractivity contribution in [1.82, 2.24) is 19.9 Å². The summed E-state index contributed by atoms with van der Waals surface area (Å²) < 4.78 is 0. The van der Waals surface area contributed by atoms with Gasteiger partial charge in [0.25, 0.3) is 0 Å². The van der Waals surface area contributed by atoms with Gasteiger partial charge in [-0.15, -0.1) is 0 Å². The summed E-state index contributed by atoms with van der Waals surface area (Å²) in [6.45, 7) is 2.34. The van der Waals surface area contributed by atoms with E-state index in [9.17, 15) is 0 Å². The molecule has 2 saturated heterocycles. The maximum absolute atomic E-state index is 5.13. The van der Waals surface area contributed by atoms with Crippen LogP contribution in [0.25, 0.3) is 22.5 Å². The van der Waals surface area contributed by atoms with Gasteiger partial charge in [0.15, 0.2) is 5.82 Å². The number of thioether (sulfide) groups is 1. The lowest BCUT2D eigenvalue weighted by atomic mass is 9.89. The van der Waals surface area contributed by atoms with Crippen molar-refractivity contribution in [3.05, 3.63) is 66.7 Å². The third-order valence-corrected chi connectivity index (χ3v) is 7.25. The normalized spacial score (nSPS) is 22.6. The first-order valence-electron chi connectivity index (χ1n) is 10.5. The molecule has 3 aromatic rings. The molecule has 2 aliphatic rings. The second kappa shape index (κ2) is 8.64. The molecule has 2 fully saturated rings. The lowest BCUT2D eigenvalue weighted by Crippen LogP contribution is -2.42. The van der Waals surface area contributed by atoms with E-state index >= 15 is 0 Å². The standard InChI is InChI=1S/C24H26N4S/c1-2-5-18(6-3-1)22-15-26-24(19-8-11-25-12-9-19)27-23(22)20-7-4-13-28(16-20)21-10-14-29-17-21/h1-3,5-6,8-9,11-12,15,20-21H,4,7,10,13-14,16-17H2/t20-,21-/m0/s1. The Morgan fingerprint density at radius 3 is 2.62 bits per heavy atom. The third-order valence-electron chi connectivity index (χ3n) is 6.10. The molecule has 2 atom stereocenters. The molecule has 4 heterocycles. The Balaban J connectivity index is 1.53. The number of likely N-dealkylation sites (tertiary alicyclic amines) is 1. The molecular weight excluding hydrogens is 376 g/mol. The van der Waals surface area contributed by atoms with Gasteiger partial charge in [-0.1, -0.05) is 30.3 Å². The highest BCUT2D eigenvalue weighted by atomic mass is 32.2. The average molecular weight is 403 g/mol. The molecule has 0 unspecified atom stereocenters. The van der Waals surface area contributed by atoms with E-state index in [-0.39, 0.29) is 0 Å². The van der Waals surface area contributed by atoms with E-state index < -0.39 is 0 Å². The van der Waals surface area contributed by atoms with E-state index in [1.54, 1.807) is 0 Å². The molecule has 0 N–H and O–H groups in total. The number of nitrogens with zero attached hydrogens (tertiary/aromatic N) is 4. The van der Waals surface area contributed by atoms with Crippen molar-refractivity contribution in [2.75, 3.05) is 24.6 Å². The van der Waals surface area contributed by atoms with Gasteiger partial charge >= 0.3 is 0 Å². The largest absolute Gasteiger partial charge is 0.299 e. The van der Waals surface area contributed by atoms with E-state index in [1.165, 1.54) is 54.1 Å². The topological polar surface area (TPSA) is 41.9 Å². The van der Waals surface area contributed by atoms with Crippen molar-refractivity contribution >= 4 is 11.8 Å². The van der Waals surface area contributed by atoms with Gasteiger partial charge < -0.3 is 0 Å². The van der Waals surface area contributed by atoms with Crippen LogP contribution in [0.3, 0.4) is 0 Å². The van der Waals surface area contributed by atoms with Crippen molar-refractivity contribution in [3.8, 4) is 22.5 Å². The van der Waals surface area contributed by atoms with Crippen molar-refractivity contribution in [1.29, 1.82) is 0 Å². The number of piperidine rings is 1. The first kappa shape index (κ1) is 18.8. The molecule has 5 heteroatoms. The highest BCUT2D eigenvalue weighted by Gasteiger charge is 2.31. The fraction of sp³-hybridized carbons (Fsp3) is 0.375. The number of pyridine rings is 1. The SMILES string of the molecule is c1ccc(-c2cnc(-c3ccncc3)nc2[C@H]2CCCN([C@H]3CCSC3)C2)cc1. The Kier molecular flexibility index (Phi) is 5.59. The van der Waals surface area contributed by atoms with Gasteiger partial charge in [0.1, 0.15) is 0 Å². The zero-order chi connectivity index (χ0) is 19.5. The summed E-state index contributed by atoms with van der Waals surface area (Å²) in [7, 11) is 0. The van der Waals surface area contributed by atoms with Gasteiger partial charge in [-0.05, 0) is 49.3 Å². The number of hydrogen-bond acceptors (Lipinski definition) is 5. The summed E-state index contributed by atoms with van der Waals surface area (Å²) in [5.41, 5.74) is 4.61. The Morgan fingerprint density at radius 1 is 0.966 bits per heavy atom. The minimum Gasteiger partial charge on any atom is -0.299 e. The lowest BCUT2D eigenvalue weighted by Gasteiger charge is -2.37.